The van der Waals surface area contributed by atoms with Crippen LogP contribution in [0.1, 0.15) is 5.56 Å². The van der Waals surface area contributed by atoms with Gasteiger partial charge in [-0.1, -0.05) is 18.2 Å². The zero-order valence-electron chi connectivity index (χ0n) is 13.0. The molecule has 1 atom stereocenters. The Bertz CT molecular complexity index is 1160. The maximum absolute atomic E-state index is 12.4. The molecule has 24 heavy (non-hydrogen) atoms. The van der Waals surface area contributed by atoms with E-state index < -0.39 is 0 Å². The molecule has 118 valence electrons. The van der Waals surface area contributed by atoms with Gasteiger partial charge in [-0.15, -0.1) is 21.9 Å². The van der Waals surface area contributed by atoms with Crippen molar-refractivity contribution in [2.75, 3.05) is 0 Å². The van der Waals surface area contributed by atoms with Gasteiger partial charge in [-0.25, -0.2) is 4.79 Å². The lowest BCUT2D eigenvalue weighted by Gasteiger charge is -2.07. The number of rotatable bonds is 1. The molecule has 4 rings (SSSR count). The normalized spacial score (nSPS) is 11.3. The molecule has 1 heterocycles. The van der Waals surface area contributed by atoms with Gasteiger partial charge in [-0.05, 0) is 70.5 Å². The van der Waals surface area contributed by atoms with Crippen molar-refractivity contribution in [3.05, 3.63) is 70.6 Å². The Morgan fingerprint density at radius 1 is 0.917 bits per heavy atom. The van der Waals surface area contributed by atoms with Crippen LogP contribution in [0.15, 0.2) is 68.7 Å². The second-order valence-electron chi connectivity index (χ2n) is 5.94. The minimum Gasteiger partial charge on any atom is -0.422 e. The van der Waals surface area contributed by atoms with Crippen molar-refractivity contribution < 1.29 is 4.42 Å². The number of aryl methyl sites for hydroxylation is 1. The Labute approximate surface area is 147 Å². The van der Waals surface area contributed by atoms with Crippen LogP contribution in [0.4, 0.5) is 0 Å². The maximum Gasteiger partial charge on any atom is 0.344 e. The lowest BCUT2D eigenvalue weighted by Crippen LogP contribution is -2.04. The summed E-state index contributed by atoms with van der Waals surface area (Å²) in [5.41, 5.74) is 2.82. The van der Waals surface area contributed by atoms with E-state index in [0.29, 0.717) is 11.1 Å². The fourth-order valence-corrected chi connectivity index (χ4v) is 3.36. The van der Waals surface area contributed by atoms with Crippen LogP contribution >= 0.6 is 21.9 Å². The third kappa shape index (κ3) is 2.64. The van der Waals surface area contributed by atoms with Crippen LogP contribution in [-0.2, 0) is 0 Å². The topological polar surface area (TPSA) is 30.2 Å². The fraction of sp³-hybridized carbons (Fsp3) is 0.0500. The van der Waals surface area contributed by atoms with Gasteiger partial charge in [-0.3, -0.25) is 0 Å². The number of benzene rings is 3. The molecule has 0 aliphatic rings. The Morgan fingerprint density at radius 2 is 1.67 bits per heavy atom. The predicted octanol–water partition coefficient (Wildman–Crippen LogP) is 4.71. The third-order valence-corrected chi connectivity index (χ3v) is 5.16. The summed E-state index contributed by atoms with van der Waals surface area (Å²) in [6, 6.07) is 17.8. The molecule has 0 N–H and O–H groups in total. The number of thiol groups is 1. The first-order chi connectivity index (χ1) is 11.5. The van der Waals surface area contributed by atoms with E-state index in [4.69, 9.17) is 4.42 Å². The van der Waals surface area contributed by atoms with Crippen molar-refractivity contribution in [2.24, 2.45) is 0 Å². The Hall–Kier alpha value is -2.09. The fourth-order valence-electron chi connectivity index (χ4n) is 2.89. The van der Waals surface area contributed by atoms with E-state index in [2.05, 4.69) is 21.9 Å². The van der Waals surface area contributed by atoms with E-state index in [9.17, 15) is 4.79 Å². The number of hydrogen-bond acceptors (Lipinski definition) is 3. The zero-order valence-corrected chi connectivity index (χ0v) is 15.1. The number of hydrogen-bond donors (Lipinski definition) is 1. The van der Waals surface area contributed by atoms with Crippen LogP contribution in [0, 0.1) is 6.92 Å². The standard InChI is InChI=1S/C20H15O2PS/c1-11-6-18-15(10-19(11)23)9-17(20(21)22-18)14-3-2-13-8-16(24)5-4-12(13)7-14/h2-10,24H,23H2,1H3. The molecule has 0 aliphatic heterocycles. The van der Waals surface area contributed by atoms with Gasteiger partial charge in [0.05, 0.1) is 5.56 Å². The van der Waals surface area contributed by atoms with Gasteiger partial charge in [0, 0.05) is 10.3 Å². The molecule has 0 saturated carbocycles. The van der Waals surface area contributed by atoms with Crippen LogP contribution in [0.2, 0.25) is 0 Å². The summed E-state index contributed by atoms with van der Waals surface area (Å²) in [7, 11) is 2.71. The van der Waals surface area contributed by atoms with Gasteiger partial charge in [0.25, 0.3) is 0 Å². The van der Waals surface area contributed by atoms with Crippen LogP contribution < -0.4 is 10.9 Å². The molecule has 0 bridgehead atoms. The maximum atomic E-state index is 12.4. The molecule has 0 aliphatic carbocycles. The Morgan fingerprint density at radius 3 is 2.50 bits per heavy atom. The lowest BCUT2D eigenvalue weighted by molar-refractivity contribution is 0.563. The van der Waals surface area contributed by atoms with Crippen molar-refractivity contribution in [3.8, 4) is 11.1 Å². The second-order valence-corrected chi connectivity index (χ2v) is 7.08. The molecule has 1 aromatic heterocycles. The van der Waals surface area contributed by atoms with E-state index in [0.717, 1.165) is 37.5 Å². The first kappa shape index (κ1) is 15.4. The average molecular weight is 350 g/mol. The van der Waals surface area contributed by atoms with E-state index >= 15 is 0 Å². The molecule has 0 saturated heterocycles. The molecular weight excluding hydrogens is 335 g/mol. The smallest absolute Gasteiger partial charge is 0.344 e. The van der Waals surface area contributed by atoms with Crippen LogP contribution in [0.25, 0.3) is 32.9 Å². The quantitative estimate of drug-likeness (QED) is 0.306. The van der Waals surface area contributed by atoms with Gasteiger partial charge in [0.1, 0.15) is 5.58 Å². The SMILES string of the molecule is Cc1cc2oc(=O)c(-c3ccc4cc(S)ccc4c3)cc2cc1P. The van der Waals surface area contributed by atoms with Gasteiger partial charge in [-0.2, -0.15) is 0 Å². The molecule has 4 heteroatoms. The summed E-state index contributed by atoms with van der Waals surface area (Å²) < 4.78 is 5.54. The summed E-state index contributed by atoms with van der Waals surface area (Å²) >= 11 is 4.36. The van der Waals surface area contributed by atoms with Gasteiger partial charge < -0.3 is 4.42 Å². The number of fused-ring (bicyclic) bond motifs is 2. The highest BCUT2D eigenvalue weighted by Gasteiger charge is 2.10. The summed E-state index contributed by atoms with van der Waals surface area (Å²) in [6.45, 7) is 1.99. The second kappa shape index (κ2) is 5.77. The zero-order chi connectivity index (χ0) is 16.8. The van der Waals surface area contributed by atoms with E-state index in [1.165, 1.54) is 0 Å². The highest BCUT2D eigenvalue weighted by molar-refractivity contribution is 7.80. The summed E-state index contributed by atoms with van der Waals surface area (Å²) in [5, 5.41) is 4.19. The van der Waals surface area contributed by atoms with Crippen LogP contribution in [0.5, 0.6) is 0 Å². The van der Waals surface area contributed by atoms with Crippen molar-refractivity contribution >= 4 is 48.9 Å². The van der Waals surface area contributed by atoms with E-state index in [-0.39, 0.29) is 5.63 Å². The van der Waals surface area contributed by atoms with Crippen molar-refractivity contribution in [1.29, 1.82) is 0 Å². The van der Waals surface area contributed by atoms with Crippen molar-refractivity contribution in [2.45, 2.75) is 11.8 Å². The van der Waals surface area contributed by atoms with Crippen molar-refractivity contribution in [3.63, 3.8) is 0 Å². The highest BCUT2D eigenvalue weighted by atomic mass is 32.1. The molecule has 1 unspecified atom stereocenters. The minimum absolute atomic E-state index is 0.316. The van der Waals surface area contributed by atoms with Gasteiger partial charge in [0.15, 0.2) is 0 Å². The van der Waals surface area contributed by atoms with E-state index in [1.807, 2.05) is 61.5 Å². The average Bonchev–Trinajstić information content (AvgIpc) is 2.55. The van der Waals surface area contributed by atoms with Gasteiger partial charge >= 0.3 is 5.63 Å². The third-order valence-electron chi connectivity index (χ3n) is 4.26. The van der Waals surface area contributed by atoms with Crippen molar-refractivity contribution in [1.82, 2.24) is 0 Å². The highest BCUT2D eigenvalue weighted by Crippen LogP contribution is 2.26. The molecule has 3 aromatic carbocycles. The lowest BCUT2D eigenvalue weighted by atomic mass is 10.0. The summed E-state index contributed by atoms with van der Waals surface area (Å²) in [4.78, 5) is 13.4. The molecular formula is C20H15O2PS. The predicted molar refractivity (Wildman–Crippen MR) is 107 cm³/mol. The Balaban J connectivity index is 1.95. The summed E-state index contributed by atoms with van der Waals surface area (Å²) in [5.74, 6) is 0. The first-order valence-corrected chi connectivity index (χ1v) is 8.61. The largest absolute Gasteiger partial charge is 0.422 e. The summed E-state index contributed by atoms with van der Waals surface area (Å²) in [6.07, 6.45) is 0. The first-order valence-electron chi connectivity index (χ1n) is 7.58. The molecule has 0 radical (unpaired) electrons. The van der Waals surface area contributed by atoms with Crippen LogP contribution in [0.3, 0.4) is 0 Å². The molecule has 0 spiro atoms. The van der Waals surface area contributed by atoms with Gasteiger partial charge in [0.2, 0.25) is 0 Å². The molecule has 4 aromatic rings. The molecule has 0 amide bonds. The van der Waals surface area contributed by atoms with E-state index in [1.54, 1.807) is 0 Å². The minimum atomic E-state index is -0.316. The molecule has 2 nitrogen and oxygen atoms in total. The van der Waals surface area contributed by atoms with Crippen LogP contribution in [-0.4, -0.2) is 0 Å². The monoisotopic (exact) mass is 350 g/mol. The Kier molecular flexibility index (Phi) is 3.71. The molecule has 0 fully saturated rings.